The highest BCUT2D eigenvalue weighted by Crippen LogP contribution is 2.11. The minimum atomic E-state index is -0.467. The van der Waals surface area contributed by atoms with Crippen LogP contribution in [0.1, 0.15) is 23.1 Å². The fourth-order valence-corrected chi connectivity index (χ4v) is 2.56. The first-order chi connectivity index (χ1) is 9.04. The van der Waals surface area contributed by atoms with Crippen LogP contribution in [0.3, 0.4) is 0 Å². The number of aliphatic hydroxyl groups excluding tert-OH is 1. The van der Waals surface area contributed by atoms with E-state index < -0.39 is 6.10 Å². The van der Waals surface area contributed by atoms with Crippen molar-refractivity contribution in [2.24, 2.45) is 0 Å². The van der Waals surface area contributed by atoms with Gasteiger partial charge >= 0.3 is 0 Å². The topological polar surface area (TPSA) is 61.4 Å². The average molecular weight is 299 g/mol. The molecule has 1 amide bonds. The van der Waals surface area contributed by atoms with Gasteiger partial charge in [-0.15, -0.1) is 12.4 Å². The maximum Gasteiger partial charge on any atom is 0.220 e. The van der Waals surface area contributed by atoms with Gasteiger partial charge in [0.05, 0.1) is 12.1 Å². The van der Waals surface area contributed by atoms with E-state index in [-0.39, 0.29) is 24.4 Å². The van der Waals surface area contributed by atoms with Gasteiger partial charge in [-0.3, -0.25) is 4.79 Å². The van der Waals surface area contributed by atoms with Crippen LogP contribution in [-0.4, -0.2) is 36.2 Å². The lowest BCUT2D eigenvalue weighted by molar-refractivity contribution is -0.122. The maximum absolute atomic E-state index is 11.8. The highest BCUT2D eigenvalue weighted by atomic mass is 35.5. The van der Waals surface area contributed by atoms with Crippen molar-refractivity contribution in [1.82, 2.24) is 10.6 Å². The summed E-state index contributed by atoms with van der Waals surface area (Å²) in [6, 6.07) is 6.22. The smallest absolute Gasteiger partial charge is 0.220 e. The number of hydrogen-bond acceptors (Lipinski definition) is 3. The van der Waals surface area contributed by atoms with Crippen LogP contribution >= 0.6 is 12.4 Å². The summed E-state index contributed by atoms with van der Waals surface area (Å²) >= 11 is 0. The highest BCUT2D eigenvalue weighted by Gasteiger charge is 2.25. The van der Waals surface area contributed by atoms with E-state index in [0.29, 0.717) is 19.5 Å². The molecule has 1 aliphatic rings. The molecule has 0 aliphatic carbocycles. The van der Waals surface area contributed by atoms with E-state index in [9.17, 15) is 9.90 Å². The number of benzene rings is 1. The van der Waals surface area contributed by atoms with Gasteiger partial charge in [0.2, 0.25) is 5.91 Å². The van der Waals surface area contributed by atoms with E-state index in [2.05, 4.69) is 42.7 Å². The van der Waals surface area contributed by atoms with Gasteiger partial charge in [0.25, 0.3) is 0 Å². The van der Waals surface area contributed by atoms with Crippen molar-refractivity contribution in [3.63, 3.8) is 0 Å². The second-order valence-electron chi connectivity index (χ2n) is 5.40. The molecular weight excluding hydrogens is 276 g/mol. The molecule has 1 heterocycles. The van der Waals surface area contributed by atoms with Gasteiger partial charge in [-0.2, -0.15) is 0 Å². The molecule has 1 fully saturated rings. The molecule has 1 saturated heterocycles. The predicted octanol–water partition coefficient (Wildman–Crippen LogP) is 1.11. The first kappa shape index (κ1) is 17.0. The van der Waals surface area contributed by atoms with Crippen LogP contribution < -0.4 is 10.6 Å². The number of amides is 1. The van der Waals surface area contributed by atoms with Gasteiger partial charge in [-0.1, -0.05) is 29.3 Å². The molecule has 20 heavy (non-hydrogen) atoms. The molecule has 0 bridgehead atoms. The number of carbonyl (C=O) groups is 1. The summed E-state index contributed by atoms with van der Waals surface area (Å²) in [7, 11) is 0. The summed E-state index contributed by atoms with van der Waals surface area (Å²) in [4.78, 5) is 11.8. The number of β-amino-alcohol motifs (C(OH)–C–C–N with tert-alkyl or cyclic N) is 1. The van der Waals surface area contributed by atoms with E-state index >= 15 is 0 Å². The number of carbonyl (C=O) groups excluding carboxylic acids is 1. The second kappa shape index (κ2) is 7.62. The van der Waals surface area contributed by atoms with Gasteiger partial charge in [-0.05, 0) is 25.8 Å². The molecule has 1 aliphatic heterocycles. The van der Waals surface area contributed by atoms with E-state index in [4.69, 9.17) is 0 Å². The van der Waals surface area contributed by atoms with E-state index in [1.807, 2.05) is 0 Å². The Morgan fingerprint density at radius 1 is 1.30 bits per heavy atom. The molecule has 0 saturated carbocycles. The Bertz CT molecular complexity index is 445. The molecule has 4 nitrogen and oxygen atoms in total. The minimum Gasteiger partial charge on any atom is -0.390 e. The molecule has 1 aromatic carbocycles. The summed E-state index contributed by atoms with van der Waals surface area (Å²) in [5.41, 5.74) is 3.65. The molecule has 2 rings (SSSR count). The third-order valence-corrected chi connectivity index (χ3v) is 3.45. The summed E-state index contributed by atoms with van der Waals surface area (Å²) in [6.45, 7) is 5.34. The third-order valence-electron chi connectivity index (χ3n) is 3.45. The van der Waals surface area contributed by atoms with Crippen molar-refractivity contribution in [2.45, 2.75) is 38.8 Å². The van der Waals surface area contributed by atoms with Crippen molar-refractivity contribution < 1.29 is 9.90 Å². The lowest BCUT2D eigenvalue weighted by Gasteiger charge is -2.15. The zero-order valence-electron chi connectivity index (χ0n) is 12.0. The number of aryl methyl sites for hydroxylation is 3. The second-order valence-corrected chi connectivity index (χ2v) is 5.40. The van der Waals surface area contributed by atoms with Crippen LogP contribution in [0.4, 0.5) is 0 Å². The Labute approximate surface area is 126 Å². The van der Waals surface area contributed by atoms with Crippen LogP contribution in [-0.2, 0) is 11.2 Å². The van der Waals surface area contributed by atoms with Gasteiger partial charge in [-0.25, -0.2) is 0 Å². The van der Waals surface area contributed by atoms with Crippen molar-refractivity contribution in [1.29, 1.82) is 0 Å². The molecule has 3 N–H and O–H groups in total. The Kier molecular flexibility index (Phi) is 6.46. The highest BCUT2D eigenvalue weighted by molar-refractivity contribution is 5.85. The average Bonchev–Trinajstić information content (AvgIpc) is 2.71. The molecule has 0 spiro atoms. The molecule has 0 unspecified atom stereocenters. The molecule has 0 aromatic heterocycles. The lowest BCUT2D eigenvalue weighted by atomic mass is 10.0. The van der Waals surface area contributed by atoms with E-state index in [1.54, 1.807) is 0 Å². The molecule has 112 valence electrons. The first-order valence-electron chi connectivity index (χ1n) is 6.80. The first-order valence-corrected chi connectivity index (χ1v) is 6.80. The fraction of sp³-hybridized carbons (Fsp3) is 0.533. The Morgan fingerprint density at radius 3 is 2.50 bits per heavy atom. The van der Waals surface area contributed by atoms with Gasteiger partial charge in [0.1, 0.15) is 0 Å². The molecule has 5 heteroatoms. The van der Waals surface area contributed by atoms with Crippen molar-refractivity contribution in [2.75, 3.05) is 13.1 Å². The van der Waals surface area contributed by atoms with Crippen LogP contribution in [0.15, 0.2) is 18.2 Å². The number of aliphatic hydroxyl groups is 1. The van der Waals surface area contributed by atoms with Crippen molar-refractivity contribution in [3.8, 4) is 0 Å². The van der Waals surface area contributed by atoms with Gasteiger partial charge < -0.3 is 15.7 Å². The number of nitrogens with one attached hydrogen (secondary N) is 2. The van der Waals surface area contributed by atoms with Gasteiger partial charge in [0, 0.05) is 19.5 Å². The standard InChI is InChI=1S/C15H22N2O2.ClH/c1-10-5-11(2)7-12(6-10)3-4-15(19)17-13-8-16-9-14(13)18;/h5-7,13-14,16,18H,3-4,8-9H2,1-2H3,(H,17,19);1H/t13-,14-;/m1./s1. The third kappa shape index (κ3) is 4.78. The quantitative estimate of drug-likeness (QED) is 0.780. The Balaban J connectivity index is 0.00000200. The van der Waals surface area contributed by atoms with Crippen LogP contribution in [0.5, 0.6) is 0 Å². The van der Waals surface area contributed by atoms with Crippen LogP contribution in [0.25, 0.3) is 0 Å². The van der Waals surface area contributed by atoms with Crippen LogP contribution in [0.2, 0.25) is 0 Å². The van der Waals surface area contributed by atoms with Gasteiger partial charge in [0.15, 0.2) is 0 Å². The number of hydrogen-bond donors (Lipinski definition) is 3. The minimum absolute atomic E-state index is 0. The Hall–Kier alpha value is -1.10. The van der Waals surface area contributed by atoms with Crippen LogP contribution in [0, 0.1) is 13.8 Å². The molecule has 2 atom stereocenters. The molecular formula is C15H23ClN2O2. The van der Waals surface area contributed by atoms with Crippen molar-refractivity contribution >= 4 is 18.3 Å². The van der Waals surface area contributed by atoms with E-state index in [1.165, 1.54) is 16.7 Å². The summed E-state index contributed by atoms with van der Waals surface area (Å²) in [6.07, 6.45) is 0.738. The molecule has 0 radical (unpaired) electrons. The summed E-state index contributed by atoms with van der Waals surface area (Å²) in [5.74, 6) is 0.00640. The van der Waals surface area contributed by atoms with Crippen molar-refractivity contribution in [3.05, 3.63) is 34.9 Å². The zero-order valence-corrected chi connectivity index (χ0v) is 12.8. The summed E-state index contributed by atoms with van der Waals surface area (Å²) < 4.78 is 0. The largest absolute Gasteiger partial charge is 0.390 e. The monoisotopic (exact) mass is 298 g/mol. The normalized spacial score (nSPS) is 21.4. The Morgan fingerprint density at radius 2 is 1.95 bits per heavy atom. The van der Waals surface area contributed by atoms with E-state index in [0.717, 1.165) is 6.42 Å². The molecule has 1 aromatic rings. The maximum atomic E-state index is 11.8. The zero-order chi connectivity index (χ0) is 13.8. The fourth-order valence-electron chi connectivity index (χ4n) is 2.56. The predicted molar refractivity (Wildman–Crippen MR) is 82.3 cm³/mol. The number of halogens is 1. The number of rotatable bonds is 4. The lowest BCUT2D eigenvalue weighted by Crippen LogP contribution is -2.42. The summed E-state index contributed by atoms with van der Waals surface area (Å²) in [5, 5.41) is 15.5. The SMILES string of the molecule is Cc1cc(C)cc(CCC(=O)N[C@@H]2CNC[C@H]2O)c1.Cl.